The second-order valence-corrected chi connectivity index (χ2v) is 5.35. The third-order valence-electron chi connectivity index (χ3n) is 2.73. The monoisotopic (exact) mass is 252 g/mol. The quantitative estimate of drug-likeness (QED) is 0.691. The van der Waals surface area contributed by atoms with Crippen molar-refractivity contribution in [3.05, 3.63) is 0 Å². The van der Waals surface area contributed by atoms with Gasteiger partial charge in [-0.3, -0.25) is 0 Å². The molecule has 16 heavy (non-hydrogen) atoms. The van der Waals surface area contributed by atoms with Gasteiger partial charge in [0.25, 0.3) is 0 Å². The van der Waals surface area contributed by atoms with Crippen LogP contribution in [0.5, 0.6) is 0 Å². The molecule has 1 aliphatic rings. The molecule has 0 aromatic heterocycles. The van der Waals surface area contributed by atoms with Crippen LogP contribution in [0.1, 0.15) is 13.3 Å². The van der Waals surface area contributed by atoms with Gasteiger partial charge >= 0.3 is 16.3 Å². The van der Waals surface area contributed by atoms with E-state index in [0.717, 1.165) is 11.4 Å². The molecule has 1 fully saturated rings. The molecule has 1 saturated heterocycles. The summed E-state index contributed by atoms with van der Waals surface area (Å²) in [5.41, 5.74) is 0. The van der Waals surface area contributed by atoms with Crippen molar-refractivity contribution in [3.8, 4) is 0 Å². The van der Waals surface area contributed by atoms with Crippen LogP contribution in [0.4, 0.5) is 4.79 Å². The van der Waals surface area contributed by atoms with E-state index in [9.17, 15) is 13.2 Å². The van der Waals surface area contributed by atoms with E-state index in [2.05, 4.69) is 4.74 Å². The summed E-state index contributed by atoms with van der Waals surface area (Å²) in [6.45, 7) is 1.89. The molecule has 1 amide bonds. The van der Waals surface area contributed by atoms with E-state index in [-0.39, 0.29) is 12.5 Å². The van der Waals surface area contributed by atoms with Crippen molar-refractivity contribution in [2.45, 2.75) is 19.4 Å². The fraction of sp³-hybridized carbons (Fsp3) is 0.875. The molecule has 0 aromatic carbocycles. The van der Waals surface area contributed by atoms with Crippen LogP contribution in [0.3, 0.4) is 0 Å². The van der Waals surface area contributed by atoms with E-state index in [1.807, 2.05) is 6.92 Å². The molecule has 2 atom stereocenters. The van der Waals surface area contributed by atoms with E-state index in [1.165, 1.54) is 0 Å². The number of carbonyl (C=O) groups is 1. The number of aliphatic hydroxyl groups excluding tert-OH is 1. The molecular weight excluding hydrogens is 236 g/mol. The van der Waals surface area contributed by atoms with Gasteiger partial charge in [0.1, 0.15) is 0 Å². The Kier molecular flexibility index (Phi) is 4.11. The molecule has 1 aliphatic heterocycles. The Labute approximate surface area is 94.6 Å². The molecule has 0 bridgehead atoms. The van der Waals surface area contributed by atoms with Crippen molar-refractivity contribution >= 4 is 16.3 Å². The number of nitrogens with zero attached hydrogens (tertiary/aromatic N) is 1. The van der Waals surface area contributed by atoms with Crippen molar-refractivity contribution in [2.24, 2.45) is 5.92 Å². The molecule has 7 nitrogen and oxygen atoms in total. The van der Waals surface area contributed by atoms with Crippen LogP contribution < -0.4 is 4.72 Å². The van der Waals surface area contributed by atoms with Gasteiger partial charge in [-0.15, -0.1) is 0 Å². The topological polar surface area (TPSA) is 95.9 Å². The molecular formula is C8H16N2O5S. The molecule has 0 aliphatic carbocycles. The van der Waals surface area contributed by atoms with Crippen molar-refractivity contribution in [1.29, 1.82) is 0 Å². The number of hydrogen-bond acceptors (Lipinski definition) is 5. The van der Waals surface area contributed by atoms with Crippen molar-refractivity contribution in [1.82, 2.24) is 9.03 Å². The lowest BCUT2D eigenvalue weighted by atomic mass is 10.0. The Bertz CT molecular complexity index is 355. The smallest absolute Gasteiger partial charge is 0.421 e. The minimum absolute atomic E-state index is 0.0687. The first-order valence-electron chi connectivity index (χ1n) is 4.90. The first-order valence-corrected chi connectivity index (χ1v) is 6.34. The summed E-state index contributed by atoms with van der Waals surface area (Å²) in [6.07, 6.45) is -0.371. The van der Waals surface area contributed by atoms with Crippen LogP contribution in [0.25, 0.3) is 0 Å². The minimum atomic E-state index is -3.92. The number of carbonyl (C=O) groups excluding carboxylic acids is 1. The predicted molar refractivity (Wildman–Crippen MR) is 55.8 cm³/mol. The standard InChI is InChI=1S/C8H16N2O5S/c1-6-3-4-10(7(6)5-11)16(13,14)9-8(12)15-2/h6-7,11H,3-5H2,1-2H3,(H,9,12). The fourth-order valence-electron chi connectivity index (χ4n) is 1.75. The van der Waals surface area contributed by atoms with Gasteiger partial charge in [-0.2, -0.15) is 12.7 Å². The number of nitrogens with one attached hydrogen (secondary N) is 1. The van der Waals surface area contributed by atoms with E-state index in [1.54, 1.807) is 4.72 Å². The lowest BCUT2D eigenvalue weighted by Crippen LogP contribution is -2.47. The number of aliphatic hydroxyl groups is 1. The zero-order valence-electron chi connectivity index (χ0n) is 9.21. The van der Waals surface area contributed by atoms with Crippen LogP contribution in [0.2, 0.25) is 0 Å². The maximum atomic E-state index is 11.7. The molecule has 1 heterocycles. The molecule has 2 N–H and O–H groups in total. The zero-order chi connectivity index (χ0) is 12.3. The minimum Gasteiger partial charge on any atom is -0.452 e. The zero-order valence-corrected chi connectivity index (χ0v) is 10.0. The van der Waals surface area contributed by atoms with Gasteiger partial charge in [-0.1, -0.05) is 6.92 Å². The summed E-state index contributed by atoms with van der Waals surface area (Å²) < 4.78 is 30.5. The Morgan fingerprint density at radius 1 is 1.62 bits per heavy atom. The summed E-state index contributed by atoms with van der Waals surface area (Å²) in [5.74, 6) is 0.0687. The van der Waals surface area contributed by atoms with E-state index < -0.39 is 22.3 Å². The van der Waals surface area contributed by atoms with Gasteiger partial charge in [-0.05, 0) is 12.3 Å². The summed E-state index contributed by atoms with van der Waals surface area (Å²) in [6, 6.07) is -0.484. The number of rotatable bonds is 3. The number of hydrogen-bond donors (Lipinski definition) is 2. The average Bonchev–Trinajstić information content (AvgIpc) is 2.59. The Hall–Kier alpha value is -0.860. The maximum absolute atomic E-state index is 11.7. The van der Waals surface area contributed by atoms with Gasteiger partial charge < -0.3 is 9.84 Å². The van der Waals surface area contributed by atoms with Crippen LogP contribution in [-0.4, -0.2) is 50.2 Å². The summed E-state index contributed by atoms with van der Waals surface area (Å²) in [7, 11) is -2.83. The van der Waals surface area contributed by atoms with E-state index in [4.69, 9.17) is 5.11 Å². The Morgan fingerprint density at radius 3 is 2.75 bits per heavy atom. The highest BCUT2D eigenvalue weighted by atomic mass is 32.2. The predicted octanol–water partition coefficient (Wildman–Crippen LogP) is -0.710. The third-order valence-corrected chi connectivity index (χ3v) is 4.22. The summed E-state index contributed by atoms with van der Waals surface area (Å²) >= 11 is 0. The van der Waals surface area contributed by atoms with Crippen LogP contribution >= 0.6 is 0 Å². The fourth-order valence-corrected chi connectivity index (χ4v) is 3.14. The molecule has 0 radical (unpaired) electrons. The first kappa shape index (κ1) is 13.2. The highest BCUT2D eigenvalue weighted by molar-refractivity contribution is 7.87. The van der Waals surface area contributed by atoms with Crippen LogP contribution in [0.15, 0.2) is 0 Å². The van der Waals surface area contributed by atoms with Gasteiger partial charge in [0.2, 0.25) is 0 Å². The van der Waals surface area contributed by atoms with E-state index in [0.29, 0.717) is 13.0 Å². The lowest BCUT2D eigenvalue weighted by Gasteiger charge is -2.23. The summed E-state index contributed by atoms with van der Waals surface area (Å²) in [5, 5.41) is 9.11. The number of ether oxygens (including phenoxy) is 1. The van der Waals surface area contributed by atoms with Gasteiger partial charge in [0.15, 0.2) is 0 Å². The highest BCUT2D eigenvalue weighted by Crippen LogP contribution is 2.25. The highest BCUT2D eigenvalue weighted by Gasteiger charge is 2.39. The molecule has 8 heteroatoms. The Balaban J connectivity index is 2.80. The lowest BCUT2D eigenvalue weighted by molar-refractivity contribution is 0.173. The van der Waals surface area contributed by atoms with Crippen molar-refractivity contribution in [3.63, 3.8) is 0 Å². The summed E-state index contributed by atoms with van der Waals surface area (Å²) in [4.78, 5) is 10.9. The van der Waals surface area contributed by atoms with Crippen LogP contribution in [0, 0.1) is 5.92 Å². The largest absolute Gasteiger partial charge is 0.452 e. The average molecular weight is 252 g/mol. The molecule has 0 spiro atoms. The van der Waals surface area contributed by atoms with Crippen LogP contribution in [-0.2, 0) is 14.9 Å². The molecule has 1 rings (SSSR count). The van der Waals surface area contributed by atoms with Crippen molar-refractivity contribution in [2.75, 3.05) is 20.3 Å². The molecule has 2 unspecified atom stereocenters. The number of methoxy groups -OCH3 is 1. The molecule has 94 valence electrons. The van der Waals surface area contributed by atoms with Gasteiger partial charge in [0, 0.05) is 6.54 Å². The normalized spacial score (nSPS) is 26.7. The maximum Gasteiger partial charge on any atom is 0.421 e. The van der Waals surface area contributed by atoms with Crippen molar-refractivity contribution < 1.29 is 23.1 Å². The second kappa shape index (κ2) is 4.98. The van der Waals surface area contributed by atoms with Gasteiger partial charge in [-0.25, -0.2) is 9.52 Å². The second-order valence-electron chi connectivity index (χ2n) is 3.73. The first-order chi connectivity index (χ1) is 7.42. The molecule has 0 saturated carbocycles. The third kappa shape index (κ3) is 2.63. The SMILES string of the molecule is COC(=O)NS(=O)(=O)N1CCC(C)C1CO. The molecule has 0 aromatic rings. The number of amides is 1. The Morgan fingerprint density at radius 2 is 2.25 bits per heavy atom. The van der Waals surface area contributed by atoms with Gasteiger partial charge in [0.05, 0.1) is 19.8 Å². The van der Waals surface area contributed by atoms with E-state index >= 15 is 0 Å².